The largest absolute Gasteiger partial charge is 0.493 e. The summed E-state index contributed by atoms with van der Waals surface area (Å²) in [6.07, 6.45) is 1.87. The first-order valence-corrected chi connectivity index (χ1v) is 11.9. The highest BCUT2D eigenvalue weighted by Gasteiger charge is 2.15. The summed E-state index contributed by atoms with van der Waals surface area (Å²) in [5.41, 5.74) is 4.27. The van der Waals surface area contributed by atoms with E-state index in [-0.39, 0.29) is 5.91 Å². The maximum absolute atomic E-state index is 13.4. The summed E-state index contributed by atoms with van der Waals surface area (Å²) >= 11 is 0. The number of methoxy groups -OCH3 is 2. The number of hydrogen-bond donors (Lipinski definition) is 1. The third-order valence-electron chi connectivity index (χ3n) is 6.26. The minimum absolute atomic E-state index is 0.169. The molecule has 4 rings (SSSR count). The smallest absolute Gasteiger partial charge is 0.256 e. The lowest BCUT2D eigenvalue weighted by atomic mass is 10.0. The Bertz CT molecular complexity index is 1150. The van der Waals surface area contributed by atoms with E-state index in [1.807, 2.05) is 66.7 Å². The van der Waals surface area contributed by atoms with Gasteiger partial charge < -0.3 is 19.7 Å². The normalized spacial score (nSPS) is 15.0. The molecular weight excluding hydrogens is 438 g/mol. The van der Waals surface area contributed by atoms with Crippen molar-refractivity contribution in [2.75, 3.05) is 52.8 Å². The molecule has 1 heterocycles. The molecule has 0 bridgehead atoms. The van der Waals surface area contributed by atoms with Gasteiger partial charge in [0.15, 0.2) is 11.5 Å². The van der Waals surface area contributed by atoms with Crippen molar-refractivity contribution in [3.63, 3.8) is 0 Å². The van der Waals surface area contributed by atoms with Gasteiger partial charge in [-0.3, -0.25) is 9.69 Å². The average Bonchev–Trinajstić information content (AvgIpc) is 2.90. The molecule has 0 unspecified atom stereocenters. The molecule has 35 heavy (non-hydrogen) atoms. The van der Waals surface area contributed by atoms with Gasteiger partial charge in [0, 0.05) is 44.0 Å². The highest BCUT2D eigenvalue weighted by molar-refractivity contribution is 6.29. The molecule has 3 aromatic rings. The number of benzene rings is 3. The number of nitrogens with one attached hydrogen (secondary N) is 1. The molecule has 6 heteroatoms. The van der Waals surface area contributed by atoms with Crippen LogP contribution < -0.4 is 14.8 Å². The van der Waals surface area contributed by atoms with Crippen molar-refractivity contribution in [3.8, 4) is 11.5 Å². The van der Waals surface area contributed by atoms with E-state index >= 15 is 0 Å². The van der Waals surface area contributed by atoms with Crippen LogP contribution in [-0.2, 0) is 11.3 Å². The highest BCUT2D eigenvalue weighted by atomic mass is 16.5. The number of anilines is 1. The monoisotopic (exact) mass is 471 g/mol. The molecule has 1 N–H and O–H groups in total. The minimum atomic E-state index is -0.169. The second-order valence-electron chi connectivity index (χ2n) is 8.77. The number of amides is 1. The average molecular weight is 472 g/mol. The molecule has 0 aromatic heterocycles. The Labute approximate surface area is 207 Å². The standard InChI is InChI=1S/C29H33N3O3/c1-31-15-17-32(18-16-31)21-22-9-12-25(13-10-22)30-29(33)26(24-7-5-4-6-8-24)19-23-11-14-27(34-2)28(20-23)35-3/h4-14,19-20H,15-18,21H2,1-3H3,(H,30,33)/b26-19+. The van der Waals surface area contributed by atoms with E-state index in [9.17, 15) is 4.79 Å². The molecule has 0 atom stereocenters. The van der Waals surface area contributed by atoms with Crippen LogP contribution in [0.1, 0.15) is 16.7 Å². The van der Waals surface area contributed by atoms with Crippen LogP contribution in [0, 0.1) is 0 Å². The van der Waals surface area contributed by atoms with Crippen LogP contribution in [-0.4, -0.2) is 63.2 Å². The molecule has 1 fully saturated rings. The molecule has 0 saturated carbocycles. The predicted molar refractivity (Wildman–Crippen MR) is 142 cm³/mol. The minimum Gasteiger partial charge on any atom is -0.493 e. The summed E-state index contributed by atoms with van der Waals surface area (Å²) in [6, 6.07) is 23.4. The molecule has 0 aliphatic carbocycles. The fraction of sp³-hybridized carbons (Fsp3) is 0.276. The van der Waals surface area contributed by atoms with Gasteiger partial charge in [-0.05, 0) is 54.1 Å². The molecule has 0 spiro atoms. The highest BCUT2D eigenvalue weighted by Crippen LogP contribution is 2.30. The summed E-state index contributed by atoms with van der Waals surface area (Å²) in [6.45, 7) is 5.29. The van der Waals surface area contributed by atoms with E-state index in [4.69, 9.17) is 9.47 Å². The van der Waals surface area contributed by atoms with Gasteiger partial charge in [0.05, 0.1) is 14.2 Å². The number of piperazine rings is 1. The van der Waals surface area contributed by atoms with Crippen LogP contribution in [0.5, 0.6) is 11.5 Å². The molecule has 1 saturated heterocycles. The maximum atomic E-state index is 13.4. The van der Waals surface area contributed by atoms with Gasteiger partial charge in [0.25, 0.3) is 5.91 Å². The Morgan fingerprint density at radius 1 is 0.886 bits per heavy atom. The zero-order valence-corrected chi connectivity index (χ0v) is 20.7. The fourth-order valence-electron chi connectivity index (χ4n) is 4.16. The lowest BCUT2D eigenvalue weighted by Crippen LogP contribution is -2.43. The Hall–Kier alpha value is -3.61. The van der Waals surface area contributed by atoms with Gasteiger partial charge >= 0.3 is 0 Å². The second kappa shape index (κ2) is 11.7. The number of nitrogens with zero attached hydrogens (tertiary/aromatic N) is 2. The van der Waals surface area contributed by atoms with E-state index in [2.05, 4.69) is 34.3 Å². The maximum Gasteiger partial charge on any atom is 0.256 e. The van der Waals surface area contributed by atoms with E-state index < -0.39 is 0 Å². The van der Waals surface area contributed by atoms with Crippen molar-refractivity contribution >= 4 is 23.2 Å². The van der Waals surface area contributed by atoms with E-state index in [0.29, 0.717) is 17.1 Å². The van der Waals surface area contributed by atoms with Crippen molar-refractivity contribution in [3.05, 3.63) is 89.5 Å². The van der Waals surface area contributed by atoms with Crippen LogP contribution in [0.25, 0.3) is 11.6 Å². The van der Waals surface area contributed by atoms with Crippen LogP contribution in [0.3, 0.4) is 0 Å². The number of likely N-dealkylation sites (N-methyl/N-ethyl adjacent to an activating group) is 1. The Balaban J connectivity index is 1.52. The topological polar surface area (TPSA) is 54.0 Å². The predicted octanol–water partition coefficient (Wildman–Crippen LogP) is 4.63. The number of ether oxygens (including phenoxy) is 2. The zero-order valence-electron chi connectivity index (χ0n) is 20.7. The second-order valence-corrected chi connectivity index (χ2v) is 8.77. The third kappa shape index (κ3) is 6.50. The first-order valence-electron chi connectivity index (χ1n) is 11.9. The molecule has 1 amide bonds. The lowest BCUT2D eigenvalue weighted by Gasteiger charge is -2.32. The number of carbonyl (C=O) groups is 1. The Morgan fingerprint density at radius 3 is 2.23 bits per heavy atom. The van der Waals surface area contributed by atoms with Gasteiger partial charge in [-0.25, -0.2) is 0 Å². The number of hydrogen-bond acceptors (Lipinski definition) is 5. The molecule has 182 valence electrons. The number of rotatable bonds is 8. The Morgan fingerprint density at radius 2 is 1.57 bits per heavy atom. The van der Waals surface area contributed by atoms with E-state index in [1.165, 1.54) is 5.56 Å². The summed E-state index contributed by atoms with van der Waals surface area (Å²) in [5.74, 6) is 1.09. The van der Waals surface area contributed by atoms with Gasteiger partial charge in [0.2, 0.25) is 0 Å². The van der Waals surface area contributed by atoms with Crippen LogP contribution in [0.4, 0.5) is 5.69 Å². The van der Waals surface area contributed by atoms with Crippen LogP contribution in [0.15, 0.2) is 72.8 Å². The lowest BCUT2D eigenvalue weighted by molar-refractivity contribution is -0.111. The van der Waals surface area contributed by atoms with Gasteiger partial charge in [-0.1, -0.05) is 48.5 Å². The van der Waals surface area contributed by atoms with Gasteiger partial charge in [0.1, 0.15) is 0 Å². The molecule has 1 aliphatic rings. The fourth-order valence-corrected chi connectivity index (χ4v) is 4.16. The van der Waals surface area contributed by atoms with Crippen molar-refractivity contribution in [2.45, 2.75) is 6.54 Å². The molecular formula is C29H33N3O3. The third-order valence-corrected chi connectivity index (χ3v) is 6.26. The first kappa shape index (κ1) is 24.5. The molecule has 3 aromatic carbocycles. The van der Waals surface area contributed by atoms with E-state index in [0.717, 1.165) is 49.5 Å². The van der Waals surface area contributed by atoms with Crippen LogP contribution >= 0.6 is 0 Å². The van der Waals surface area contributed by atoms with Crippen LogP contribution in [0.2, 0.25) is 0 Å². The molecule has 6 nitrogen and oxygen atoms in total. The van der Waals surface area contributed by atoms with Crippen molar-refractivity contribution in [1.82, 2.24) is 9.80 Å². The SMILES string of the molecule is COc1ccc(/C=C(/C(=O)Nc2ccc(CN3CCN(C)CC3)cc2)c2ccccc2)cc1OC. The summed E-state index contributed by atoms with van der Waals surface area (Å²) in [5, 5.41) is 3.07. The Kier molecular flexibility index (Phi) is 8.19. The summed E-state index contributed by atoms with van der Waals surface area (Å²) in [7, 11) is 5.37. The van der Waals surface area contributed by atoms with Gasteiger partial charge in [-0.2, -0.15) is 0 Å². The zero-order chi connectivity index (χ0) is 24.6. The molecule has 1 aliphatic heterocycles. The summed E-state index contributed by atoms with van der Waals surface area (Å²) < 4.78 is 10.8. The molecule has 0 radical (unpaired) electrons. The van der Waals surface area contributed by atoms with Crippen molar-refractivity contribution < 1.29 is 14.3 Å². The van der Waals surface area contributed by atoms with E-state index in [1.54, 1.807) is 14.2 Å². The quantitative estimate of drug-likeness (QED) is 0.384. The number of carbonyl (C=O) groups excluding carboxylic acids is 1. The summed E-state index contributed by atoms with van der Waals surface area (Å²) in [4.78, 5) is 18.2. The van der Waals surface area contributed by atoms with Gasteiger partial charge in [-0.15, -0.1) is 0 Å². The first-order chi connectivity index (χ1) is 17.1. The van der Waals surface area contributed by atoms with Crippen molar-refractivity contribution in [2.24, 2.45) is 0 Å². The van der Waals surface area contributed by atoms with Crippen molar-refractivity contribution in [1.29, 1.82) is 0 Å².